The van der Waals surface area contributed by atoms with Crippen LogP contribution < -0.4 is 0 Å². The van der Waals surface area contributed by atoms with Gasteiger partial charge in [0.1, 0.15) is 6.10 Å². The van der Waals surface area contributed by atoms with E-state index in [1.807, 2.05) is 0 Å². The summed E-state index contributed by atoms with van der Waals surface area (Å²) in [7, 11) is 0. The van der Waals surface area contributed by atoms with E-state index in [1.165, 1.54) is 0 Å². The van der Waals surface area contributed by atoms with E-state index in [0.717, 1.165) is 6.42 Å². The molecular weight excluding hydrogens is 140 g/mol. The van der Waals surface area contributed by atoms with Crippen LogP contribution in [0.3, 0.4) is 0 Å². The van der Waals surface area contributed by atoms with Crippen molar-refractivity contribution in [2.45, 2.75) is 38.9 Å². The minimum Gasteiger partial charge on any atom is -0.366 e. The molecule has 2 rings (SSSR count). The molecule has 0 unspecified atom stereocenters. The first kappa shape index (κ1) is 7.29. The molecule has 2 saturated heterocycles. The number of ether oxygens (including phenoxy) is 1. The molecule has 0 aliphatic carbocycles. The molecule has 2 nitrogen and oxygen atoms in total. The summed E-state index contributed by atoms with van der Waals surface area (Å²) in [6, 6.07) is 0. The third kappa shape index (κ3) is 1.00. The molecule has 11 heavy (non-hydrogen) atoms. The summed E-state index contributed by atoms with van der Waals surface area (Å²) >= 11 is 0. The maximum Gasteiger partial charge on any atom is 0.164 e. The van der Waals surface area contributed by atoms with Crippen LogP contribution in [0.4, 0.5) is 0 Å². The van der Waals surface area contributed by atoms with E-state index >= 15 is 0 Å². The largest absolute Gasteiger partial charge is 0.366 e. The zero-order valence-corrected chi connectivity index (χ0v) is 7.04. The summed E-state index contributed by atoms with van der Waals surface area (Å²) in [4.78, 5) is 11.3. The van der Waals surface area contributed by atoms with Gasteiger partial charge < -0.3 is 4.74 Å². The molecule has 2 aliphatic heterocycles. The summed E-state index contributed by atoms with van der Waals surface area (Å²) in [6.07, 6.45) is 2.00. The van der Waals surface area contributed by atoms with Gasteiger partial charge in [-0.1, -0.05) is 13.8 Å². The topological polar surface area (TPSA) is 26.3 Å². The minimum absolute atomic E-state index is 0.0591. The fraction of sp³-hybridized carbons (Fsp3) is 0.889. The van der Waals surface area contributed by atoms with Gasteiger partial charge in [-0.25, -0.2) is 0 Å². The van der Waals surface area contributed by atoms with E-state index in [0.29, 0.717) is 24.0 Å². The fourth-order valence-electron chi connectivity index (χ4n) is 2.28. The lowest BCUT2D eigenvalue weighted by atomic mass is 9.90. The van der Waals surface area contributed by atoms with Crippen LogP contribution in [0, 0.1) is 11.8 Å². The van der Waals surface area contributed by atoms with Gasteiger partial charge in [-0.2, -0.15) is 0 Å². The zero-order chi connectivity index (χ0) is 8.01. The molecule has 2 bridgehead atoms. The van der Waals surface area contributed by atoms with Crippen LogP contribution in [0.2, 0.25) is 0 Å². The SMILES string of the molecule is C[C@@H]1C[C@@H](C)[C@@H]2O[C@H]1CC2=O. The van der Waals surface area contributed by atoms with E-state index in [4.69, 9.17) is 4.74 Å². The Hall–Kier alpha value is -0.370. The Morgan fingerprint density at radius 1 is 1.36 bits per heavy atom. The average molecular weight is 154 g/mol. The summed E-state index contributed by atoms with van der Waals surface area (Å²) in [5.74, 6) is 1.34. The van der Waals surface area contributed by atoms with Gasteiger partial charge in [-0.3, -0.25) is 4.79 Å². The van der Waals surface area contributed by atoms with Gasteiger partial charge in [0, 0.05) is 6.42 Å². The molecule has 0 aromatic carbocycles. The molecule has 0 spiro atoms. The lowest BCUT2D eigenvalue weighted by Gasteiger charge is -2.30. The van der Waals surface area contributed by atoms with Crippen molar-refractivity contribution < 1.29 is 9.53 Å². The first-order chi connectivity index (χ1) is 5.18. The second-order valence-corrected chi connectivity index (χ2v) is 3.96. The summed E-state index contributed by atoms with van der Waals surface area (Å²) in [5, 5.41) is 0. The number of carbonyl (C=O) groups is 1. The van der Waals surface area contributed by atoms with Gasteiger partial charge in [-0.15, -0.1) is 0 Å². The van der Waals surface area contributed by atoms with Crippen molar-refractivity contribution in [1.29, 1.82) is 0 Å². The standard InChI is InChI=1S/C9H14O2/c1-5-3-6(2)9-7(10)4-8(5)11-9/h5-6,8-9H,3-4H2,1-2H3/t5-,6-,8+,9+/m1/s1. The Morgan fingerprint density at radius 3 is 2.82 bits per heavy atom. The summed E-state index contributed by atoms with van der Waals surface area (Å²) in [6.45, 7) is 4.29. The Kier molecular flexibility index (Phi) is 1.53. The number of rotatable bonds is 0. The van der Waals surface area contributed by atoms with E-state index in [1.54, 1.807) is 0 Å². The number of hydrogen-bond donors (Lipinski definition) is 0. The van der Waals surface area contributed by atoms with Crippen molar-refractivity contribution in [3.05, 3.63) is 0 Å². The highest BCUT2D eigenvalue weighted by Gasteiger charge is 2.44. The van der Waals surface area contributed by atoms with E-state index in [9.17, 15) is 4.79 Å². The van der Waals surface area contributed by atoms with Gasteiger partial charge >= 0.3 is 0 Å². The van der Waals surface area contributed by atoms with Gasteiger partial charge in [0.25, 0.3) is 0 Å². The molecule has 62 valence electrons. The Bertz CT molecular complexity index is 188. The van der Waals surface area contributed by atoms with Gasteiger partial charge in [0.15, 0.2) is 5.78 Å². The molecule has 0 saturated carbocycles. The maximum absolute atomic E-state index is 11.3. The number of fused-ring (bicyclic) bond motifs is 2. The van der Waals surface area contributed by atoms with Gasteiger partial charge in [-0.05, 0) is 18.3 Å². The highest BCUT2D eigenvalue weighted by molar-refractivity contribution is 5.85. The Morgan fingerprint density at radius 2 is 2.09 bits per heavy atom. The smallest absolute Gasteiger partial charge is 0.164 e. The van der Waals surface area contributed by atoms with Gasteiger partial charge in [0.2, 0.25) is 0 Å². The van der Waals surface area contributed by atoms with Crippen LogP contribution in [-0.2, 0) is 9.53 Å². The number of Topliss-reactive ketones (excluding diaryl/α,β-unsaturated/α-hetero) is 1. The molecular formula is C9H14O2. The fourth-order valence-corrected chi connectivity index (χ4v) is 2.28. The van der Waals surface area contributed by atoms with Crippen molar-refractivity contribution in [3.63, 3.8) is 0 Å². The predicted octanol–water partition coefficient (Wildman–Crippen LogP) is 1.39. The molecule has 4 atom stereocenters. The number of ketones is 1. The van der Waals surface area contributed by atoms with Crippen LogP contribution in [0.1, 0.15) is 26.7 Å². The number of carbonyl (C=O) groups excluding carboxylic acids is 1. The monoisotopic (exact) mass is 154 g/mol. The quantitative estimate of drug-likeness (QED) is 0.527. The van der Waals surface area contributed by atoms with Gasteiger partial charge in [0.05, 0.1) is 6.10 Å². The first-order valence-electron chi connectivity index (χ1n) is 4.36. The molecule has 2 heterocycles. The highest BCUT2D eigenvalue weighted by Crippen LogP contribution is 2.37. The first-order valence-corrected chi connectivity index (χ1v) is 4.36. The van der Waals surface area contributed by atoms with Crippen molar-refractivity contribution in [1.82, 2.24) is 0 Å². The molecule has 0 aromatic rings. The van der Waals surface area contributed by atoms with E-state index < -0.39 is 0 Å². The van der Waals surface area contributed by atoms with Crippen molar-refractivity contribution in [3.8, 4) is 0 Å². The maximum atomic E-state index is 11.3. The summed E-state index contributed by atoms with van der Waals surface area (Å²) in [5.41, 5.74) is 0. The molecule has 0 aromatic heterocycles. The minimum atomic E-state index is -0.0591. The lowest BCUT2D eigenvalue weighted by molar-refractivity contribution is -0.128. The van der Waals surface area contributed by atoms with Crippen LogP contribution >= 0.6 is 0 Å². The van der Waals surface area contributed by atoms with Crippen LogP contribution in [0.5, 0.6) is 0 Å². The van der Waals surface area contributed by atoms with Crippen LogP contribution in [-0.4, -0.2) is 18.0 Å². The molecule has 2 aliphatic rings. The molecule has 0 radical (unpaired) electrons. The van der Waals surface area contributed by atoms with E-state index in [-0.39, 0.29) is 12.2 Å². The second-order valence-electron chi connectivity index (χ2n) is 3.96. The Labute approximate surface area is 66.9 Å². The predicted molar refractivity (Wildman–Crippen MR) is 41.2 cm³/mol. The van der Waals surface area contributed by atoms with Crippen molar-refractivity contribution >= 4 is 5.78 Å². The third-order valence-corrected chi connectivity index (χ3v) is 2.94. The van der Waals surface area contributed by atoms with Crippen molar-refractivity contribution in [2.24, 2.45) is 11.8 Å². The van der Waals surface area contributed by atoms with E-state index in [2.05, 4.69) is 13.8 Å². The van der Waals surface area contributed by atoms with Crippen molar-refractivity contribution in [2.75, 3.05) is 0 Å². The highest BCUT2D eigenvalue weighted by atomic mass is 16.5. The third-order valence-electron chi connectivity index (χ3n) is 2.94. The molecule has 0 amide bonds. The second kappa shape index (κ2) is 2.31. The lowest BCUT2D eigenvalue weighted by Crippen LogP contribution is -2.33. The zero-order valence-electron chi connectivity index (χ0n) is 7.04. The van der Waals surface area contributed by atoms with Crippen LogP contribution in [0.15, 0.2) is 0 Å². The summed E-state index contributed by atoms with van der Waals surface area (Å²) < 4.78 is 5.58. The number of hydrogen-bond acceptors (Lipinski definition) is 2. The molecule has 0 N–H and O–H groups in total. The molecule has 2 heteroatoms. The van der Waals surface area contributed by atoms with Crippen LogP contribution in [0.25, 0.3) is 0 Å². The Balaban J connectivity index is 2.20. The molecule has 2 fully saturated rings. The normalized spacial score (nSPS) is 49.8. The average Bonchev–Trinajstić information content (AvgIpc) is 2.26.